The topological polar surface area (TPSA) is 109 Å². The van der Waals surface area contributed by atoms with Crippen LogP contribution in [0.15, 0.2) is 57.7 Å². The van der Waals surface area contributed by atoms with E-state index in [9.17, 15) is 19.8 Å². The van der Waals surface area contributed by atoms with E-state index in [1.807, 2.05) is 44.2 Å². The number of amides is 1. The van der Waals surface area contributed by atoms with E-state index >= 15 is 0 Å². The minimum Gasteiger partial charge on any atom is -0.507 e. The maximum Gasteiger partial charge on any atom is 0.258 e. The van der Waals surface area contributed by atoms with E-state index in [2.05, 4.69) is 5.32 Å². The summed E-state index contributed by atoms with van der Waals surface area (Å²) in [7, 11) is 0. The van der Waals surface area contributed by atoms with Crippen molar-refractivity contribution in [3.63, 3.8) is 0 Å². The van der Waals surface area contributed by atoms with Crippen molar-refractivity contribution < 1.29 is 24.2 Å². The lowest BCUT2D eigenvalue weighted by Gasteiger charge is -2.22. The van der Waals surface area contributed by atoms with Crippen LogP contribution in [0.5, 0.6) is 11.5 Å². The summed E-state index contributed by atoms with van der Waals surface area (Å²) in [6.45, 7) is 3.45. The molecule has 0 spiro atoms. The summed E-state index contributed by atoms with van der Waals surface area (Å²) >= 11 is 0. The first kappa shape index (κ1) is 21.4. The molecule has 158 valence electrons. The van der Waals surface area contributed by atoms with E-state index < -0.39 is 5.91 Å². The highest BCUT2D eigenvalue weighted by Gasteiger charge is 2.18. The smallest absolute Gasteiger partial charge is 0.258 e. The van der Waals surface area contributed by atoms with Gasteiger partial charge in [-0.2, -0.15) is 0 Å². The Kier molecular flexibility index (Phi) is 6.74. The Hall–Kier alpha value is -3.32. The van der Waals surface area contributed by atoms with Crippen LogP contribution in [0.3, 0.4) is 0 Å². The summed E-state index contributed by atoms with van der Waals surface area (Å²) in [6.07, 6.45) is 0.813. The lowest BCUT2D eigenvalue weighted by molar-refractivity contribution is -0.124. The van der Waals surface area contributed by atoms with Gasteiger partial charge in [0, 0.05) is 23.8 Å². The monoisotopic (exact) mass is 411 g/mol. The molecule has 1 heterocycles. The first-order chi connectivity index (χ1) is 14.4. The number of carbonyl (C=O) groups excluding carboxylic acids is 1. The van der Waals surface area contributed by atoms with Crippen LogP contribution in [0, 0.1) is 5.92 Å². The Morgan fingerprint density at radius 1 is 1.20 bits per heavy atom. The van der Waals surface area contributed by atoms with Crippen LogP contribution in [0.2, 0.25) is 0 Å². The summed E-state index contributed by atoms with van der Waals surface area (Å²) in [5.74, 6) is -0.0128. The number of ether oxygens (including phenoxy) is 1. The zero-order chi connectivity index (χ0) is 21.7. The number of aliphatic hydroxyl groups is 1. The van der Waals surface area contributed by atoms with Crippen molar-refractivity contribution in [3.8, 4) is 22.8 Å². The van der Waals surface area contributed by atoms with Gasteiger partial charge in [-0.05, 0) is 5.92 Å². The molecule has 3 rings (SSSR count). The van der Waals surface area contributed by atoms with Crippen LogP contribution < -0.4 is 15.5 Å². The van der Waals surface area contributed by atoms with Crippen LogP contribution in [0.4, 0.5) is 0 Å². The van der Waals surface area contributed by atoms with Crippen molar-refractivity contribution in [2.45, 2.75) is 26.3 Å². The fourth-order valence-electron chi connectivity index (χ4n) is 3.12. The van der Waals surface area contributed by atoms with E-state index in [-0.39, 0.29) is 53.1 Å². The molecule has 0 saturated carbocycles. The first-order valence-corrected chi connectivity index (χ1v) is 9.82. The number of aliphatic hydroxyl groups excluding tert-OH is 1. The highest BCUT2D eigenvalue weighted by atomic mass is 16.5. The normalized spacial score (nSPS) is 13.0. The fourth-order valence-corrected chi connectivity index (χ4v) is 3.12. The van der Waals surface area contributed by atoms with Crippen LogP contribution in [-0.4, -0.2) is 35.4 Å². The van der Waals surface area contributed by atoms with Gasteiger partial charge >= 0.3 is 0 Å². The van der Waals surface area contributed by atoms with Gasteiger partial charge in [0.15, 0.2) is 12.0 Å². The summed E-state index contributed by atoms with van der Waals surface area (Å²) in [6, 6.07) is 12.8. The second-order valence-corrected chi connectivity index (χ2v) is 7.19. The molecular weight excluding hydrogens is 386 g/mol. The number of phenolic OH excluding ortho intramolecular Hbond substituents is 1. The molecule has 3 aromatic rings. The van der Waals surface area contributed by atoms with Crippen molar-refractivity contribution in [2.24, 2.45) is 5.92 Å². The van der Waals surface area contributed by atoms with E-state index in [0.717, 1.165) is 12.0 Å². The number of rotatable bonds is 8. The number of phenols is 1. The van der Waals surface area contributed by atoms with Gasteiger partial charge < -0.3 is 24.7 Å². The predicted octanol–water partition coefficient (Wildman–Crippen LogP) is 3.07. The second-order valence-electron chi connectivity index (χ2n) is 7.19. The van der Waals surface area contributed by atoms with Crippen LogP contribution in [-0.2, 0) is 4.79 Å². The molecule has 0 unspecified atom stereocenters. The Labute approximate surface area is 173 Å². The number of hydrogen-bond donors (Lipinski definition) is 3. The number of benzene rings is 2. The third kappa shape index (κ3) is 4.80. The summed E-state index contributed by atoms with van der Waals surface area (Å²) in [4.78, 5) is 24.6. The molecule has 7 nitrogen and oxygen atoms in total. The van der Waals surface area contributed by atoms with Crippen LogP contribution in [0.1, 0.15) is 20.3 Å². The Morgan fingerprint density at radius 3 is 2.60 bits per heavy atom. The molecule has 1 aromatic heterocycles. The van der Waals surface area contributed by atoms with Crippen molar-refractivity contribution in [1.29, 1.82) is 0 Å². The SMILES string of the molecule is CC[C@@H](C)[C@H](CO)NC(=O)COc1cc(O)c2c(=O)cc(-c3ccccc3)oc2c1. The van der Waals surface area contributed by atoms with E-state index in [0.29, 0.717) is 5.76 Å². The molecule has 2 aromatic carbocycles. The fraction of sp³-hybridized carbons (Fsp3) is 0.304. The molecule has 2 atom stereocenters. The van der Waals surface area contributed by atoms with E-state index in [4.69, 9.17) is 9.15 Å². The number of carbonyl (C=O) groups is 1. The molecule has 0 aliphatic carbocycles. The molecule has 0 aliphatic heterocycles. The van der Waals surface area contributed by atoms with Crippen LogP contribution in [0.25, 0.3) is 22.3 Å². The van der Waals surface area contributed by atoms with Crippen molar-refractivity contribution in [3.05, 3.63) is 58.8 Å². The maximum absolute atomic E-state index is 12.5. The third-order valence-electron chi connectivity index (χ3n) is 5.09. The molecule has 3 N–H and O–H groups in total. The van der Waals surface area contributed by atoms with Crippen LogP contribution >= 0.6 is 0 Å². The molecule has 0 aliphatic rings. The predicted molar refractivity (Wildman–Crippen MR) is 114 cm³/mol. The molecule has 7 heteroatoms. The van der Waals surface area contributed by atoms with Crippen molar-refractivity contribution in [2.75, 3.05) is 13.2 Å². The Balaban J connectivity index is 1.82. The molecule has 30 heavy (non-hydrogen) atoms. The zero-order valence-corrected chi connectivity index (χ0v) is 16.9. The molecular formula is C23H25NO6. The molecule has 0 fully saturated rings. The lowest BCUT2D eigenvalue weighted by atomic mass is 10.00. The first-order valence-electron chi connectivity index (χ1n) is 9.82. The number of nitrogens with one attached hydrogen (secondary N) is 1. The van der Waals surface area contributed by atoms with Gasteiger partial charge in [-0.25, -0.2) is 0 Å². The highest BCUT2D eigenvalue weighted by Crippen LogP contribution is 2.31. The zero-order valence-electron chi connectivity index (χ0n) is 16.9. The van der Waals surface area contributed by atoms with E-state index in [1.54, 1.807) is 0 Å². The maximum atomic E-state index is 12.5. The average molecular weight is 411 g/mol. The quantitative estimate of drug-likeness (QED) is 0.526. The van der Waals surface area contributed by atoms with Crippen molar-refractivity contribution >= 4 is 16.9 Å². The lowest BCUT2D eigenvalue weighted by Crippen LogP contribution is -2.43. The van der Waals surface area contributed by atoms with Gasteiger partial charge in [-0.3, -0.25) is 9.59 Å². The summed E-state index contributed by atoms with van der Waals surface area (Å²) in [5, 5.41) is 22.5. The average Bonchev–Trinajstić information content (AvgIpc) is 2.75. The summed E-state index contributed by atoms with van der Waals surface area (Å²) < 4.78 is 11.3. The van der Waals surface area contributed by atoms with Gasteiger partial charge in [0.05, 0.1) is 12.6 Å². The van der Waals surface area contributed by atoms with E-state index in [1.165, 1.54) is 18.2 Å². The minimum absolute atomic E-state index is 0.0450. The molecule has 0 radical (unpaired) electrons. The number of hydrogen-bond acceptors (Lipinski definition) is 6. The molecule has 1 amide bonds. The van der Waals surface area contributed by atoms with Gasteiger partial charge in [-0.15, -0.1) is 0 Å². The second kappa shape index (κ2) is 9.45. The largest absolute Gasteiger partial charge is 0.507 e. The Morgan fingerprint density at radius 2 is 1.93 bits per heavy atom. The van der Waals surface area contributed by atoms with Crippen molar-refractivity contribution in [1.82, 2.24) is 5.32 Å². The Bertz CT molecular complexity index is 1080. The minimum atomic E-state index is -0.395. The molecule has 0 saturated heterocycles. The van der Waals surface area contributed by atoms with Gasteiger partial charge in [-0.1, -0.05) is 50.6 Å². The standard InChI is InChI=1S/C23H25NO6/c1-3-14(2)17(12-25)24-22(28)13-29-16-9-18(26)23-19(27)11-20(30-21(23)10-16)15-7-5-4-6-8-15/h4-11,14,17,25-26H,3,12-13H2,1-2H3,(H,24,28)/t14-,17+/m1/s1. The number of fused-ring (bicyclic) bond motifs is 1. The van der Waals surface area contributed by atoms with Gasteiger partial charge in [0.2, 0.25) is 0 Å². The third-order valence-corrected chi connectivity index (χ3v) is 5.09. The summed E-state index contributed by atoms with van der Waals surface area (Å²) in [5.41, 5.74) is 0.502. The highest BCUT2D eigenvalue weighted by molar-refractivity contribution is 5.86. The number of aromatic hydroxyl groups is 1. The van der Waals surface area contributed by atoms with Gasteiger partial charge in [0.1, 0.15) is 28.2 Å². The van der Waals surface area contributed by atoms with Gasteiger partial charge in [0.25, 0.3) is 5.91 Å². The molecule has 0 bridgehead atoms.